The van der Waals surface area contributed by atoms with Gasteiger partial charge in [-0.3, -0.25) is 0 Å². The molecule has 3 N–H and O–H groups in total. The molecule has 2 rings (SSSR count). The number of nitrogens with two attached hydrogens (primary N) is 1. The van der Waals surface area contributed by atoms with Crippen molar-refractivity contribution in [2.45, 2.75) is 0 Å². The summed E-state index contributed by atoms with van der Waals surface area (Å²) in [6.45, 7) is 0. The predicted molar refractivity (Wildman–Crippen MR) is 67.0 cm³/mol. The Morgan fingerprint density at radius 1 is 1.47 bits per heavy atom. The van der Waals surface area contributed by atoms with E-state index in [4.69, 9.17) is 5.73 Å². The fourth-order valence-electron chi connectivity index (χ4n) is 1.69. The van der Waals surface area contributed by atoms with E-state index in [1.807, 2.05) is 12.1 Å². The van der Waals surface area contributed by atoms with Crippen molar-refractivity contribution in [1.29, 1.82) is 0 Å². The number of fused-ring (bicyclic) bond motifs is 1. The van der Waals surface area contributed by atoms with E-state index in [-0.39, 0.29) is 5.69 Å². The van der Waals surface area contributed by atoms with E-state index in [9.17, 15) is 4.79 Å². The van der Waals surface area contributed by atoms with Crippen molar-refractivity contribution in [3.05, 3.63) is 30.0 Å². The summed E-state index contributed by atoms with van der Waals surface area (Å²) in [5, 5.41) is 3.89. The first-order valence-corrected chi connectivity index (χ1v) is 5.12. The fourth-order valence-corrected chi connectivity index (χ4v) is 1.69. The summed E-state index contributed by atoms with van der Waals surface area (Å²) >= 11 is 0. The maximum atomic E-state index is 11.5. The van der Waals surface area contributed by atoms with Crippen molar-refractivity contribution in [3.63, 3.8) is 0 Å². The number of hydrogen-bond acceptors (Lipinski definition) is 5. The molecule has 0 bridgehead atoms. The van der Waals surface area contributed by atoms with Crippen molar-refractivity contribution in [3.8, 4) is 0 Å². The van der Waals surface area contributed by atoms with Gasteiger partial charge in [-0.25, -0.2) is 9.78 Å². The van der Waals surface area contributed by atoms with Crippen molar-refractivity contribution < 1.29 is 9.53 Å². The lowest BCUT2D eigenvalue weighted by Crippen LogP contribution is -2.06. The third-order valence-corrected chi connectivity index (χ3v) is 2.53. The maximum Gasteiger partial charge on any atom is 0.356 e. The number of benzene rings is 1. The number of methoxy groups -OCH3 is 1. The molecule has 0 aliphatic rings. The zero-order valence-corrected chi connectivity index (χ0v) is 9.65. The van der Waals surface area contributed by atoms with E-state index in [1.54, 1.807) is 19.2 Å². The third kappa shape index (κ3) is 1.87. The highest BCUT2D eigenvalue weighted by atomic mass is 16.5. The van der Waals surface area contributed by atoms with Crippen LogP contribution in [0.3, 0.4) is 0 Å². The summed E-state index contributed by atoms with van der Waals surface area (Å²) in [5.74, 6) is -0.480. The molecule has 0 saturated carbocycles. The zero-order chi connectivity index (χ0) is 12.4. The Labute approximate surface area is 98.6 Å². The number of rotatable bonds is 2. The number of hydrogen-bond donors (Lipinski definition) is 2. The Morgan fingerprint density at radius 2 is 2.24 bits per heavy atom. The normalized spacial score (nSPS) is 10.2. The molecule has 5 heteroatoms. The summed E-state index contributed by atoms with van der Waals surface area (Å²) in [7, 11) is 3.10. The van der Waals surface area contributed by atoms with E-state index < -0.39 is 5.97 Å². The van der Waals surface area contributed by atoms with Crippen LogP contribution in [-0.2, 0) is 4.74 Å². The van der Waals surface area contributed by atoms with Gasteiger partial charge in [-0.1, -0.05) is 12.1 Å². The highest BCUT2D eigenvalue weighted by Gasteiger charge is 2.12. The summed E-state index contributed by atoms with van der Waals surface area (Å²) < 4.78 is 4.65. The molecule has 0 fully saturated rings. The molecule has 17 heavy (non-hydrogen) atoms. The van der Waals surface area contributed by atoms with Crippen molar-refractivity contribution in [2.75, 3.05) is 25.2 Å². The Hall–Kier alpha value is -2.30. The lowest BCUT2D eigenvalue weighted by atomic mass is 10.1. The molecule has 0 aliphatic heterocycles. The molecule has 0 unspecified atom stereocenters. The van der Waals surface area contributed by atoms with Crippen LogP contribution in [0.15, 0.2) is 24.3 Å². The first kappa shape index (κ1) is 11.2. The molecule has 0 radical (unpaired) electrons. The van der Waals surface area contributed by atoms with Crippen LogP contribution in [0, 0.1) is 0 Å². The molecule has 0 spiro atoms. The van der Waals surface area contributed by atoms with Gasteiger partial charge in [-0.15, -0.1) is 0 Å². The van der Waals surface area contributed by atoms with E-state index in [0.717, 1.165) is 11.1 Å². The molecule has 0 atom stereocenters. The van der Waals surface area contributed by atoms with Gasteiger partial charge in [0.25, 0.3) is 0 Å². The molecule has 0 aliphatic carbocycles. The minimum absolute atomic E-state index is 0.238. The number of para-hydroxylation sites is 1. The monoisotopic (exact) mass is 231 g/mol. The molecular weight excluding hydrogens is 218 g/mol. The second kappa shape index (κ2) is 4.29. The second-order valence-electron chi connectivity index (χ2n) is 3.54. The number of anilines is 2. The van der Waals surface area contributed by atoms with Gasteiger partial charge in [0, 0.05) is 18.1 Å². The van der Waals surface area contributed by atoms with Crippen molar-refractivity contribution >= 4 is 28.2 Å². The van der Waals surface area contributed by atoms with Gasteiger partial charge in [0.05, 0.1) is 18.3 Å². The van der Waals surface area contributed by atoms with Gasteiger partial charge < -0.3 is 15.8 Å². The molecule has 1 aromatic carbocycles. The summed E-state index contributed by atoms with van der Waals surface area (Å²) in [6, 6.07) is 7.13. The lowest BCUT2D eigenvalue weighted by molar-refractivity contribution is 0.0594. The molecular formula is C12H13N3O2. The van der Waals surface area contributed by atoms with Gasteiger partial charge in [0.2, 0.25) is 0 Å². The number of esters is 1. The van der Waals surface area contributed by atoms with Crippen LogP contribution in [0.2, 0.25) is 0 Å². The van der Waals surface area contributed by atoms with Crippen molar-refractivity contribution in [2.24, 2.45) is 0 Å². The van der Waals surface area contributed by atoms with Crippen LogP contribution >= 0.6 is 0 Å². The molecule has 2 aromatic rings. The molecule has 5 nitrogen and oxygen atoms in total. The average Bonchev–Trinajstić information content (AvgIpc) is 2.37. The average molecular weight is 231 g/mol. The van der Waals surface area contributed by atoms with E-state index in [0.29, 0.717) is 11.2 Å². The number of carbonyl (C=O) groups excluding carboxylic acids is 1. The van der Waals surface area contributed by atoms with Crippen LogP contribution in [0.25, 0.3) is 10.9 Å². The molecule has 1 aromatic heterocycles. The Kier molecular flexibility index (Phi) is 2.82. The van der Waals surface area contributed by atoms with Crippen LogP contribution in [0.5, 0.6) is 0 Å². The fraction of sp³-hybridized carbons (Fsp3) is 0.167. The topological polar surface area (TPSA) is 77.2 Å². The van der Waals surface area contributed by atoms with Crippen LogP contribution in [0.1, 0.15) is 10.5 Å². The minimum atomic E-state index is -0.480. The molecule has 0 saturated heterocycles. The van der Waals surface area contributed by atoms with Crippen LogP contribution < -0.4 is 11.1 Å². The van der Waals surface area contributed by atoms with Gasteiger partial charge in [0.1, 0.15) is 0 Å². The zero-order valence-electron chi connectivity index (χ0n) is 9.65. The highest BCUT2D eigenvalue weighted by molar-refractivity contribution is 6.01. The summed E-state index contributed by atoms with van der Waals surface area (Å²) in [4.78, 5) is 15.7. The van der Waals surface area contributed by atoms with Gasteiger partial charge in [-0.05, 0) is 12.1 Å². The highest BCUT2D eigenvalue weighted by Crippen LogP contribution is 2.26. The van der Waals surface area contributed by atoms with Crippen molar-refractivity contribution in [1.82, 2.24) is 4.98 Å². The molecule has 0 amide bonds. The smallest absolute Gasteiger partial charge is 0.356 e. The SMILES string of the molecule is CNc1cc(C(=O)OC)nc2c(N)cccc12. The third-order valence-electron chi connectivity index (χ3n) is 2.53. The van der Waals surface area contributed by atoms with E-state index in [2.05, 4.69) is 15.0 Å². The first-order valence-electron chi connectivity index (χ1n) is 5.12. The second-order valence-corrected chi connectivity index (χ2v) is 3.54. The number of nitrogen functional groups attached to an aromatic ring is 1. The van der Waals surface area contributed by atoms with Gasteiger partial charge in [0.15, 0.2) is 5.69 Å². The number of pyridine rings is 1. The summed E-state index contributed by atoms with van der Waals surface area (Å²) in [5.41, 5.74) is 8.01. The quantitative estimate of drug-likeness (QED) is 0.607. The summed E-state index contributed by atoms with van der Waals surface area (Å²) in [6.07, 6.45) is 0. The minimum Gasteiger partial charge on any atom is -0.464 e. The van der Waals surface area contributed by atoms with Gasteiger partial charge in [-0.2, -0.15) is 0 Å². The Morgan fingerprint density at radius 3 is 2.88 bits per heavy atom. The largest absolute Gasteiger partial charge is 0.464 e. The first-order chi connectivity index (χ1) is 8.17. The van der Waals surface area contributed by atoms with Gasteiger partial charge >= 0.3 is 5.97 Å². The Bertz CT molecular complexity index is 581. The number of ether oxygens (including phenoxy) is 1. The maximum absolute atomic E-state index is 11.5. The van der Waals surface area contributed by atoms with E-state index >= 15 is 0 Å². The van der Waals surface area contributed by atoms with E-state index in [1.165, 1.54) is 7.11 Å². The molecule has 88 valence electrons. The van der Waals surface area contributed by atoms with Crippen LogP contribution in [0.4, 0.5) is 11.4 Å². The predicted octanol–water partition coefficient (Wildman–Crippen LogP) is 1.65. The number of nitrogens with one attached hydrogen (secondary N) is 1. The van der Waals surface area contributed by atoms with Crippen LogP contribution in [-0.4, -0.2) is 25.1 Å². The standard InChI is InChI=1S/C12H13N3O2/c1-14-9-6-10(12(16)17-2)15-11-7(9)4-3-5-8(11)13/h3-6H,13H2,1-2H3,(H,14,15). The Balaban J connectivity index is 2.76. The molecule has 1 heterocycles. The number of aromatic nitrogens is 1. The lowest BCUT2D eigenvalue weighted by Gasteiger charge is -2.09. The number of nitrogens with zero attached hydrogens (tertiary/aromatic N) is 1. The number of carbonyl (C=O) groups is 1.